The number of halogens is 2. The number of alkyl halides is 1. The second-order valence-corrected chi connectivity index (χ2v) is 12.4. The molecule has 1 aromatic heterocycles. The maximum Gasteiger partial charge on any atom is 0.255 e. The number of benzene rings is 3. The summed E-state index contributed by atoms with van der Waals surface area (Å²) in [5.41, 5.74) is 1.78. The number of aliphatic hydroxyl groups excluding tert-OH is 1. The van der Waals surface area contributed by atoms with Crippen molar-refractivity contribution in [1.82, 2.24) is 10.6 Å². The number of nitrogens with zero attached hydrogens (tertiary/aromatic N) is 1. The first-order valence-corrected chi connectivity index (χ1v) is 15.5. The third-order valence-corrected chi connectivity index (χ3v) is 8.64. The normalized spacial score (nSPS) is 14.0. The number of fused-ring (bicyclic) bond motifs is 1. The highest BCUT2D eigenvalue weighted by Crippen LogP contribution is 2.42. The lowest BCUT2D eigenvalue weighted by Gasteiger charge is -2.24. The average molecular weight is 612 g/mol. The van der Waals surface area contributed by atoms with Crippen LogP contribution in [0.15, 0.2) is 65.1 Å². The van der Waals surface area contributed by atoms with Gasteiger partial charge in [-0.05, 0) is 66.8 Å². The van der Waals surface area contributed by atoms with Gasteiger partial charge in [0.2, 0.25) is 10.0 Å². The van der Waals surface area contributed by atoms with E-state index in [1.54, 1.807) is 30.3 Å². The smallest absolute Gasteiger partial charge is 0.255 e. The van der Waals surface area contributed by atoms with Gasteiger partial charge in [0.25, 0.3) is 11.8 Å². The van der Waals surface area contributed by atoms with Crippen LogP contribution >= 0.6 is 0 Å². The van der Waals surface area contributed by atoms with Gasteiger partial charge in [-0.15, -0.1) is 0 Å². The minimum atomic E-state index is -3.99. The van der Waals surface area contributed by atoms with Crippen LogP contribution in [-0.2, 0) is 10.0 Å². The molecule has 0 bridgehead atoms. The van der Waals surface area contributed by atoms with E-state index in [1.807, 2.05) is 0 Å². The van der Waals surface area contributed by atoms with E-state index in [4.69, 9.17) is 4.42 Å². The lowest BCUT2D eigenvalue weighted by molar-refractivity contribution is 0.0907. The van der Waals surface area contributed by atoms with Gasteiger partial charge in [-0.3, -0.25) is 13.9 Å². The van der Waals surface area contributed by atoms with E-state index < -0.39 is 40.9 Å². The monoisotopic (exact) mass is 611 g/mol. The summed E-state index contributed by atoms with van der Waals surface area (Å²) in [7, 11) is -2.54. The lowest BCUT2D eigenvalue weighted by atomic mass is 9.97. The second-order valence-electron chi connectivity index (χ2n) is 10.5. The van der Waals surface area contributed by atoms with Crippen LogP contribution in [-0.4, -0.2) is 64.5 Å². The van der Waals surface area contributed by atoms with Gasteiger partial charge in [0.05, 0.1) is 36.7 Å². The van der Waals surface area contributed by atoms with Crippen LogP contribution in [0.5, 0.6) is 0 Å². The van der Waals surface area contributed by atoms with Crippen molar-refractivity contribution in [2.45, 2.75) is 18.9 Å². The zero-order chi connectivity index (χ0) is 30.9. The maximum atomic E-state index is 13.7. The molecule has 0 spiro atoms. The highest BCUT2D eigenvalue weighted by molar-refractivity contribution is 7.92. The van der Waals surface area contributed by atoms with Crippen molar-refractivity contribution in [1.29, 1.82) is 0 Å². The standard InChI is InChI=1S/C31H31F2N3O6S/c1-34-31(39)28-24-15-23(20-4-3-5-21(14-20)30(38)35-25(17-37)18-6-7-18)26(36(13-12-32)43(2,40)41)16-27(24)42-29(28)19-8-10-22(33)11-9-19/h3-5,8-11,14-16,18,25,37H,6-7,12-13,17H2,1-2H3,(H,34,39)(H,35,38)/t25-/m0/s1. The summed E-state index contributed by atoms with van der Waals surface area (Å²) in [6.07, 6.45) is 2.79. The van der Waals surface area contributed by atoms with Crippen molar-refractivity contribution in [3.8, 4) is 22.5 Å². The molecule has 1 aliphatic carbocycles. The van der Waals surface area contributed by atoms with E-state index in [9.17, 15) is 31.9 Å². The molecule has 0 saturated heterocycles. The maximum absolute atomic E-state index is 13.7. The number of hydrogen-bond acceptors (Lipinski definition) is 6. The first kappa shape index (κ1) is 30.2. The van der Waals surface area contributed by atoms with Crippen molar-refractivity contribution in [3.63, 3.8) is 0 Å². The van der Waals surface area contributed by atoms with Crippen LogP contribution in [0.25, 0.3) is 33.4 Å². The van der Waals surface area contributed by atoms with Gasteiger partial charge >= 0.3 is 0 Å². The third kappa shape index (κ3) is 6.25. The quantitative estimate of drug-likeness (QED) is 0.229. The molecule has 3 N–H and O–H groups in total. The molecule has 1 heterocycles. The molecule has 0 radical (unpaired) electrons. The van der Waals surface area contributed by atoms with Crippen molar-refractivity contribution < 1.29 is 36.3 Å². The number of hydrogen-bond donors (Lipinski definition) is 3. The van der Waals surface area contributed by atoms with Gasteiger partial charge in [0.15, 0.2) is 0 Å². The van der Waals surface area contributed by atoms with E-state index in [0.29, 0.717) is 22.1 Å². The predicted octanol–water partition coefficient (Wildman–Crippen LogP) is 4.50. The molecule has 5 rings (SSSR count). The Morgan fingerprint density at radius 3 is 2.40 bits per heavy atom. The van der Waals surface area contributed by atoms with Crippen LogP contribution in [0.3, 0.4) is 0 Å². The van der Waals surface area contributed by atoms with Crippen molar-refractivity contribution in [3.05, 3.63) is 77.6 Å². The van der Waals surface area contributed by atoms with Gasteiger partial charge in [-0.25, -0.2) is 17.2 Å². The van der Waals surface area contributed by atoms with E-state index in [-0.39, 0.29) is 46.7 Å². The molecular weight excluding hydrogens is 580 g/mol. The number of nitrogens with one attached hydrogen (secondary N) is 2. The summed E-state index contributed by atoms with van der Waals surface area (Å²) in [5, 5.41) is 15.5. The molecule has 9 nitrogen and oxygen atoms in total. The summed E-state index contributed by atoms with van der Waals surface area (Å²) < 4.78 is 60.1. The Morgan fingerprint density at radius 2 is 1.79 bits per heavy atom. The first-order chi connectivity index (χ1) is 20.5. The zero-order valence-electron chi connectivity index (χ0n) is 23.6. The summed E-state index contributed by atoms with van der Waals surface area (Å²) >= 11 is 0. The van der Waals surface area contributed by atoms with E-state index in [0.717, 1.165) is 23.4 Å². The van der Waals surface area contributed by atoms with Gasteiger partial charge in [0.1, 0.15) is 23.8 Å². The highest BCUT2D eigenvalue weighted by Gasteiger charge is 2.32. The molecule has 1 fully saturated rings. The number of aliphatic hydroxyl groups is 1. The Labute approximate surface area is 247 Å². The summed E-state index contributed by atoms with van der Waals surface area (Å²) in [5.74, 6) is -1.03. The van der Waals surface area contributed by atoms with Crippen molar-refractivity contribution in [2.75, 3.05) is 37.4 Å². The minimum absolute atomic E-state index is 0.0827. The molecule has 0 aliphatic heterocycles. The predicted molar refractivity (Wildman–Crippen MR) is 160 cm³/mol. The molecule has 43 heavy (non-hydrogen) atoms. The van der Waals surface area contributed by atoms with E-state index >= 15 is 0 Å². The van der Waals surface area contributed by atoms with Crippen LogP contribution in [0.4, 0.5) is 14.5 Å². The molecular formula is C31H31F2N3O6S. The minimum Gasteiger partial charge on any atom is -0.455 e. The fourth-order valence-corrected chi connectivity index (χ4v) is 6.07. The topological polar surface area (TPSA) is 129 Å². The lowest BCUT2D eigenvalue weighted by Crippen LogP contribution is -2.39. The number of amides is 2. The third-order valence-electron chi connectivity index (χ3n) is 7.46. The molecule has 1 atom stereocenters. The van der Waals surface area contributed by atoms with Crippen molar-refractivity contribution in [2.24, 2.45) is 5.92 Å². The van der Waals surface area contributed by atoms with E-state index in [1.165, 1.54) is 37.4 Å². The largest absolute Gasteiger partial charge is 0.455 e. The SMILES string of the molecule is CNC(=O)c1c(-c2ccc(F)cc2)oc2cc(N(CCF)S(C)(=O)=O)c(-c3cccc(C(=O)N[C@@H](CO)C4CC4)c3)cc12. The summed E-state index contributed by atoms with van der Waals surface area (Å²) in [4.78, 5) is 26.3. The molecule has 1 aliphatic rings. The Kier molecular flexibility index (Phi) is 8.52. The molecule has 4 aromatic rings. The van der Waals surface area contributed by atoms with Crippen LogP contribution in [0.2, 0.25) is 0 Å². The van der Waals surface area contributed by atoms with Gasteiger partial charge < -0.3 is 20.2 Å². The number of furan rings is 1. The van der Waals surface area contributed by atoms with Crippen LogP contribution in [0, 0.1) is 11.7 Å². The zero-order valence-corrected chi connectivity index (χ0v) is 24.4. The van der Waals surface area contributed by atoms with Gasteiger partial charge in [-0.2, -0.15) is 0 Å². The Morgan fingerprint density at radius 1 is 1.07 bits per heavy atom. The van der Waals surface area contributed by atoms with Crippen LogP contribution in [0.1, 0.15) is 33.6 Å². The molecule has 3 aromatic carbocycles. The number of anilines is 1. The molecule has 1 saturated carbocycles. The average Bonchev–Trinajstić information content (AvgIpc) is 3.77. The summed E-state index contributed by atoms with van der Waals surface area (Å²) in [6.45, 7) is -1.65. The number of carbonyl (C=O) groups is 2. The number of carbonyl (C=O) groups excluding carboxylic acids is 2. The molecule has 2 amide bonds. The summed E-state index contributed by atoms with van der Waals surface area (Å²) in [6, 6.07) is 14.4. The van der Waals surface area contributed by atoms with Gasteiger partial charge in [-0.1, -0.05) is 12.1 Å². The van der Waals surface area contributed by atoms with E-state index in [2.05, 4.69) is 10.6 Å². The Hall–Kier alpha value is -4.29. The molecule has 12 heteroatoms. The molecule has 226 valence electrons. The van der Waals surface area contributed by atoms with Gasteiger partial charge in [0, 0.05) is 35.2 Å². The number of sulfonamides is 1. The fraction of sp³-hybridized carbons (Fsp3) is 0.290. The second kappa shape index (κ2) is 12.1. The Balaban J connectivity index is 1.73. The molecule has 0 unspecified atom stereocenters. The first-order valence-electron chi connectivity index (χ1n) is 13.7. The highest BCUT2D eigenvalue weighted by atomic mass is 32.2. The number of rotatable bonds is 11. The van der Waals surface area contributed by atoms with Crippen LogP contribution < -0.4 is 14.9 Å². The Bertz CT molecular complexity index is 1790. The fourth-order valence-electron chi connectivity index (χ4n) is 5.16. The van der Waals surface area contributed by atoms with Crippen molar-refractivity contribution >= 4 is 38.5 Å².